The third-order valence-corrected chi connectivity index (χ3v) is 4.33. The summed E-state index contributed by atoms with van der Waals surface area (Å²) in [7, 11) is 0. The van der Waals surface area contributed by atoms with Gasteiger partial charge in [0.25, 0.3) is 0 Å². The summed E-state index contributed by atoms with van der Waals surface area (Å²) >= 11 is 1.87. The summed E-state index contributed by atoms with van der Waals surface area (Å²) in [5.74, 6) is 2.08. The van der Waals surface area contributed by atoms with E-state index in [2.05, 4.69) is 50.4 Å². The van der Waals surface area contributed by atoms with Gasteiger partial charge >= 0.3 is 0 Å². The molecule has 3 heteroatoms. The monoisotopic (exact) mass is 263 g/mol. The highest BCUT2D eigenvalue weighted by molar-refractivity contribution is 7.12. The Morgan fingerprint density at radius 3 is 2.50 bits per heavy atom. The fraction of sp³-hybridized carbons (Fsp3) is 0.467. The van der Waals surface area contributed by atoms with E-state index in [0.717, 1.165) is 30.9 Å². The average Bonchev–Trinajstić information content (AvgIpc) is 3.04. The minimum absolute atomic E-state index is 0.195. The zero-order valence-electron chi connectivity index (χ0n) is 11.3. The van der Waals surface area contributed by atoms with Gasteiger partial charge in [-0.05, 0) is 37.2 Å². The number of hydrogen-bond acceptors (Lipinski definition) is 3. The molecule has 1 N–H and O–H groups in total. The number of nitrogens with one attached hydrogen (secondary N) is 1. The van der Waals surface area contributed by atoms with Gasteiger partial charge in [-0.2, -0.15) is 0 Å². The first-order valence-corrected chi connectivity index (χ1v) is 7.50. The predicted molar refractivity (Wildman–Crippen MR) is 77.3 cm³/mol. The van der Waals surface area contributed by atoms with Gasteiger partial charge < -0.3 is 9.73 Å². The van der Waals surface area contributed by atoms with Crippen LogP contribution < -0.4 is 5.32 Å². The SMILES string of the molecule is CCNC(c1ccc(CC)o1)c1ccc(CC)s1. The summed E-state index contributed by atoms with van der Waals surface area (Å²) in [6.07, 6.45) is 2.05. The van der Waals surface area contributed by atoms with Gasteiger partial charge in [-0.15, -0.1) is 11.3 Å². The first-order valence-electron chi connectivity index (χ1n) is 6.69. The lowest BCUT2D eigenvalue weighted by Crippen LogP contribution is -2.20. The van der Waals surface area contributed by atoms with Crippen LogP contribution in [0.1, 0.15) is 48.1 Å². The van der Waals surface area contributed by atoms with Crippen LogP contribution in [0.3, 0.4) is 0 Å². The topological polar surface area (TPSA) is 25.2 Å². The van der Waals surface area contributed by atoms with Crippen molar-refractivity contribution in [1.29, 1.82) is 0 Å². The molecule has 0 amide bonds. The van der Waals surface area contributed by atoms with E-state index in [1.807, 2.05) is 11.3 Å². The van der Waals surface area contributed by atoms with Crippen molar-refractivity contribution in [3.8, 4) is 0 Å². The Kier molecular flexibility index (Phi) is 4.61. The summed E-state index contributed by atoms with van der Waals surface area (Å²) in [6, 6.07) is 8.80. The molecule has 2 heterocycles. The number of aryl methyl sites for hydroxylation is 2. The van der Waals surface area contributed by atoms with E-state index in [0.29, 0.717) is 0 Å². The van der Waals surface area contributed by atoms with Crippen molar-refractivity contribution in [3.05, 3.63) is 45.5 Å². The Balaban J connectivity index is 2.26. The molecule has 0 aromatic carbocycles. The van der Waals surface area contributed by atoms with Gasteiger partial charge in [0, 0.05) is 16.2 Å². The van der Waals surface area contributed by atoms with Crippen molar-refractivity contribution in [2.24, 2.45) is 0 Å². The zero-order chi connectivity index (χ0) is 13.0. The van der Waals surface area contributed by atoms with Crippen molar-refractivity contribution in [2.45, 2.75) is 39.7 Å². The second kappa shape index (κ2) is 6.21. The lowest BCUT2D eigenvalue weighted by atomic mass is 10.2. The molecule has 1 unspecified atom stereocenters. The maximum Gasteiger partial charge on any atom is 0.126 e. The molecule has 0 fully saturated rings. The molecule has 0 saturated carbocycles. The normalized spacial score (nSPS) is 12.8. The molecule has 0 aliphatic rings. The van der Waals surface area contributed by atoms with Crippen molar-refractivity contribution >= 4 is 11.3 Å². The largest absolute Gasteiger partial charge is 0.464 e. The van der Waals surface area contributed by atoms with Gasteiger partial charge in [0.05, 0.1) is 0 Å². The third kappa shape index (κ3) is 2.85. The van der Waals surface area contributed by atoms with E-state index in [-0.39, 0.29) is 6.04 Å². The molecule has 0 spiro atoms. The van der Waals surface area contributed by atoms with Crippen LogP contribution >= 0.6 is 11.3 Å². The van der Waals surface area contributed by atoms with E-state index in [9.17, 15) is 0 Å². The van der Waals surface area contributed by atoms with E-state index in [1.54, 1.807) is 0 Å². The van der Waals surface area contributed by atoms with Crippen molar-refractivity contribution < 1.29 is 4.42 Å². The van der Waals surface area contributed by atoms with Gasteiger partial charge in [0.2, 0.25) is 0 Å². The van der Waals surface area contributed by atoms with Crippen LogP contribution in [0.25, 0.3) is 0 Å². The Hall–Kier alpha value is -1.06. The molecule has 0 radical (unpaired) electrons. The molecule has 98 valence electrons. The second-order valence-electron chi connectivity index (χ2n) is 4.31. The van der Waals surface area contributed by atoms with Crippen LogP contribution in [-0.4, -0.2) is 6.54 Å². The van der Waals surface area contributed by atoms with Crippen LogP contribution in [0, 0.1) is 0 Å². The Bertz CT molecular complexity index is 444. The molecule has 1 atom stereocenters. The van der Waals surface area contributed by atoms with Gasteiger partial charge in [-0.3, -0.25) is 0 Å². The minimum atomic E-state index is 0.195. The molecular formula is C15H21NOS. The third-order valence-electron chi connectivity index (χ3n) is 3.04. The van der Waals surface area contributed by atoms with Crippen LogP contribution in [-0.2, 0) is 12.8 Å². The smallest absolute Gasteiger partial charge is 0.126 e. The van der Waals surface area contributed by atoms with Crippen molar-refractivity contribution in [2.75, 3.05) is 6.54 Å². The number of rotatable bonds is 6. The quantitative estimate of drug-likeness (QED) is 0.846. The van der Waals surface area contributed by atoms with Crippen molar-refractivity contribution in [3.63, 3.8) is 0 Å². The summed E-state index contributed by atoms with van der Waals surface area (Å²) in [5, 5.41) is 3.51. The van der Waals surface area contributed by atoms with Crippen molar-refractivity contribution in [1.82, 2.24) is 5.32 Å². The van der Waals surface area contributed by atoms with Gasteiger partial charge in [0.15, 0.2) is 0 Å². The maximum absolute atomic E-state index is 5.89. The van der Waals surface area contributed by atoms with E-state index < -0.39 is 0 Å². The van der Waals surface area contributed by atoms with E-state index in [1.165, 1.54) is 9.75 Å². The molecule has 2 aromatic heterocycles. The van der Waals surface area contributed by atoms with Crippen LogP contribution in [0.15, 0.2) is 28.7 Å². The summed E-state index contributed by atoms with van der Waals surface area (Å²) < 4.78 is 5.89. The Morgan fingerprint density at radius 2 is 1.94 bits per heavy atom. The highest BCUT2D eigenvalue weighted by Gasteiger charge is 2.18. The van der Waals surface area contributed by atoms with E-state index in [4.69, 9.17) is 4.42 Å². The van der Waals surface area contributed by atoms with Gasteiger partial charge in [-0.25, -0.2) is 0 Å². The lowest BCUT2D eigenvalue weighted by Gasteiger charge is -2.13. The molecule has 2 nitrogen and oxygen atoms in total. The second-order valence-corrected chi connectivity index (χ2v) is 5.51. The fourth-order valence-electron chi connectivity index (χ4n) is 2.02. The minimum Gasteiger partial charge on any atom is -0.464 e. The van der Waals surface area contributed by atoms with Crippen LogP contribution in [0.2, 0.25) is 0 Å². The fourth-order valence-corrected chi connectivity index (χ4v) is 3.06. The number of hydrogen-bond donors (Lipinski definition) is 1. The lowest BCUT2D eigenvalue weighted by molar-refractivity contribution is 0.428. The molecule has 0 bridgehead atoms. The van der Waals surface area contributed by atoms with Crippen LogP contribution in [0.5, 0.6) is 0 Å². The average molecular weight is 263 g/mol. The number of thiophene rings is 1. The van der Waals surface area contributed by atoms with Gasteiger partial charge in [0.1, 0.15) is 17.6 Å². The van der Waals surface area contributed by atoms with E-state index >= 15 is 0 Å². The molecule has 18 heavy (non-hydrogen) atoms. The Morgan fingerprint density at radius 1 is 1.11 bits per heavy atom. The molecule has 0 aliphatic carbocycles. The molecule has 2 aromatic rings. The first kappa shape index (κ1) is 13.4. The Labute approximate surface area is 113 Å². The first-order chi connectivity index (χ1) is 8.78. The van der Waals surface area contributed by atoms with Crippen LogP contribution in [0.4, 0.5) is 0 Å². The molecule has 0 aliphatic heterocycles. The summed E-state index contributed by atoms with van der Waals surface area (Å²) in [4.78, 5) is 2.76. The predicted octanol–water partition coefficient (Wildman–Crippen LogP) is 4.16. The highest BCUT2D eigenvalue weighted by atomic mass is 32.1. The zero-order valence-corrected chi connectivity index (χ0v) is 12.1. The maximum atomic E-state index is 5.89. The summed E-state index contributed by atoms with van der Waals surface area (Å²) in [5.41, 5.74) is 0. The molecule has 0 saturated heterocycles. The molecular weight excluding hydrogens is 242 g/mol. The van der Waals surface area contributed by atoms with Gasteiger partial charge in [-0.1, -0.05) is 20.8 Å². The molecule has 2 rings (SSSR count). The highest BCUT2D eigenvalue weighted by Crippen LogP contribution is 2.30. The number of furan rings is 1. The standard InChI is InChI=1S/C15H21NOS/c1-4-11-7-9-13(17-11)15(16-6-3)14-10-8-12(5-2)18-14/h7-10,15-16H,4-6H2,1-3H3. The summed E-state index contributed by atoms with van der Waals surface area (Å²) in [6.45, 7) is 7.38.